The number of nitriles is 1. The Hall–Kier alpha value is -1.54. The van der Waals surface area contributed by atoms with E-state index in [1.165, 1.54) is 0 Å². The van der Waals surface area contributed by atoms with Crippen LogP contribution in [0.25, 0.3) is 0 Å². The van der Waals surface area contributed by atoms with Gasteiger partial charge in [0.15, 0.2) is 0 Å². The molecule has 2 N–H and O–H groups in total. The third-order valence-corrected chi connectivity index (χ3v) is 2.81. The Kier molecular flexibility index (Phi) is 4.98. The number of aryl methyl sites for hydroxylation is 2. The van der Waals surface area contributed by atoms with Gasteiger partial charge in [-0.2, -0.15) is 10.4 Å². The van der Waals surface area contributed by atoms with Crippen LogP contribution in [0.1, 0.15) is 31.0 Å². The first kappa shape index (κ1) is 13.5. The maximum Gasteiger partial charge on any atom is 0.142 e. The van der Waals surface area contributed by atoms with Crippen LogP contribution in [0.4, 0.5) is 5.82 Å². The lowest BCUT2D eigenvalue weighted by atomic mass is 10.1. The average molecular weight is 236 g/mol. The molecule has 1 unspecified atom stereocenters. The Morgan fingerprint density at radius 2 is 2.29 bits per heavy atom. The van der Waals surface area contributed by atoms with Gasteiger partial charge in [0.05, 0.1) is 5.69 Å². The largest absolute Gasteiger partial charge is 0.396 e. The number of anilines is 1. The number of aliphatic hydroxyl groups excluding tert-OH is 1. The minimum atomic E-state index is 0.230. The van der Waals surface area contributed by atoms with E-state index in [-0.39, 0.29) is 6.61 Å². The zero-order valence-electron chi connectivity index (χ0n) is 10.7. The van der Waals surface area contributed by atoms with Gasteiger partial charge in [-0.15, -0.1) is 0 Å². The zero-order chi connectivity index (χ0) is 12.8. The van der Waals surface area contributed by atoms with E-state index < -0.39 is 0 Å². The predicted molar refractivity (Wildman–Crippen MR) is 66.6 cm³/mol. The van der Waals surface area contributed by atoms with Crippen LogP contribution >= 0.6 is 0 Å². The van der Waals surface area contributed by atoms with Gasteiger partial charge in [0.2, 0.25) is 0 Å². The number of rotatable bonds is 6. The SMILES string of the molecule is Cc1nn(C)c(NCCCC(C)CO)c1C#N. The van der Waals surface area contributed by atoms with Crippen LogP contribution in [0.15, 0.2) is 0 Å². The number of nitrogens with one attached hydrogen (secondary N) is 1. The number of hydrogen-bond donors (Lipinski definition) is 2. The van der Waals surface area contributed by atoms with Gasteiger partial charge >= 0.3 is 0 Å². The molecule has 0 radical (unpaired) electrons. The molecular weight excluding hydrogens is 216 g/mol. The lowest BCUT2D eigenvalue weighted by molar-refractivity contribution is 0.229. The lowest BCUT2D eigenvalue weighted by Gasteiger charge is -2.09. The Morgan fingerprint density at radius 3 is 2.88 bits per heavy atom. The van der Waals surface area contributed by atoms with Crippen molar-refractivity contribution >= 4 is 5.82 Å². The molecule has 0 aromatic carbocycles. The van der Waals surface area contributed by atoms with E-state index in [0.29, 0.717) is 11.5 Å². The molecule has 94 valence electrons. The van der Waals surface area contributed by atoms with Crippen molar-refractivity contribution in [2.75, 3.05) is 18.5 Å². The molecule has 0 saturated carbocycles. The fourth-order valence-electron chi connectivity index (χ4n) is 1.74. The van der Waals surface area contributed by atoms with Crippen molar-refractivity contribution in [2.24, 2.45) is 13.0 Å². The van der Waals surface area contributed by atoms with Gasteiger partial charge in [0.25, 0.3) is 0 Å². The van der Waals surface area contributed by atoms with Crippen molar-refractivity contribution in [1.29, 1.82) is 5.26 Å². The maximum absolute atomic E-state index is 9.02. The van der Waals surface area contributed by atoms with Gasteiger partial charge in [-0.25, -0.2) is 0 Å². The van der Waals surface area contributed by atoms with Crippen LogP contribution in [0.5, 0.6) is 0 Å². The third kappa shape index (κ3) is 3.46. The van der Waals surface area contributed by atoms with Crippen molar-refractivity contribution in [2.45, 2.75) is 26.7 Å². The van der Waals surface area contributed by atoms with Crippen LogP contribution < -0.4 is 5.32 Å². The smallest absolute Gasteiger partial charge is 0.142 e. The second-order valence-electron chi connectivity index (χ2n) is 4.40. The summed E-state index contributed by atoms with van der Waals surface area (Å²) < 4.78 is 1.70. The minimum Gasteiger partial charge on any atom is -0.396 e. The molecule has 1 aromatic rings. The van der Waals surface area contributed by atoms with E-state index in [9.17, 15) is 0 Å². The van der Waals surface area contributed by atoms with Crippen LogP contribution in [-0.2, 0) is 7.05 Å². The zero-order valence-corrected chi connectivity index (χ0v) is 10.7. The number of nitrogens with zero attached hydrogens (tertiary/aromatic N) is 3. The highest BCUT2D eigenvalue weighted by Gasteiger charge is 2.11. The van der Waals surface area contributed by atoms with Gasteiger partial charge in [0.1, 0.15) is 17.5 Å². The van der Waals surface area contributed by atoms with E-state index >= 15 is 0 Å². The first-order valence-electron chi connectivity index (χ1n) is 5.88. The maximum atomic E-state index is 9.02. The molecule has 5 nitrogen and oxygen atoms in total. The number of hydrogen-bond acceptors (Lipinski definition) is 4. The molecule has 0 spiro atoms. The van der Waals surface area contributed by atoms with Crippen molar-refractivity contribution in [1.82, 2.24) is 9.78 Å². The minimum absolute atomic E-state index is 0.230. The molecule has 5 heteroatoms. The van der Waals surface area contributed by atoms with Gasteiger partial charge in [0, 0.05) is 20.2 Å². The molecule has 0 aliphatic carbocycles. The number of aliphatic hydroxyl groups is 1. The van der Waals surface area contributed by atoms with Gasteiger partial charge in [-0.3, -0.25) is 4.68 Å². The summed E-state index contributed by atoms with van der Waals surface area (Å²) in [5.74, 6) is 1.11. The molecule has 1 heterocycles. The monoisotopic (exact) mass is 236 g/mol. The summed E-state index contributed by atoms with van der Waals surface area (Å²) in [7, 11) is 1.83. The fourth-order valence-corrected chi connectivity index (χ4v) is 1.74. The standard InChI is InChI=1S/C12H20N4O/c1-9(8-17)5-4-6-14-12-11(7-13)10(2)15-16(12)3/h9,14,17H,4-6,8H2,1-3H3. The normalized spacial score (nSPS) is 12.2. The van der Waals surface area contributed by atoms with E-state index in [2.05, 4.69) is 16.5 Å². The molecule has 1 aromatic heterocycles. The first-order valence-corrected chi connectivity index (χ1v) is 5.88. The van der Waals surface area contributed by atoms with Crippen LogP contribution in [0.2, 0.25) is 0 Å². The molecule has 0 saturated heterocycles. The second kappa shape index (κ2) is 6.26. The van der Waals surface area contributed by atoms with Gasteiger partial charge in [-0.1, -0.05) is 6.92 Å². The van der Waals surface area contributed by atoms with E-state index in [0.717, 1.165) is 30.9 Å². The second-order valence-corrected chi connectivity index (χ2v) is 4.40. The van der Waals surface area contributed by atoms with Crippen molar-refractivity contribution < 1.29 is 5.11 Å². The van der Waals surface area contributed by atoms with E-state index in [4.69, 9.17) is 10.4 Å². The molecular formula is C12H20N4O. The highest BCUT2D eigenvalue weighted by atomic mass is 16.3. The van der Waals surface area contributed by atoms with Gasteiger partial charge < -0.3 is 10.4 Å². The molecule has 0 fully saturated rings. The number of aromatic nitrogens is 2. The molecule has 1 atom stereocenters. The summed E-state index contributed by atoms with van der Waals surface area (Å²) in [4.78, 5) is 0. The van der Waals surface area contributed by atoms with E-state index in [1.807, 2.05) is 20.9 Å². The van der Waals surface area contributed by atoms with Crippen molar-refractivity contribution in [3.8, 4) is 6.07 Å². The van der Waals surface area contributed by atoms with Crippen molar-refractivity contribution in [3.05, 3.63) is 11.3 Å². The third-order valence-electron chi connectivity index (χ3n) is 2.81. The molecule has 0 aliphatic rings. The summed E-state index contributed by atoms with van der Waals surface area (Å²) in [6, 6.07) is 2.16. The Balaban J connectivity index is 2.50. The molecule has 0 bridgehead atoms. The summed E-state index contributed by atoms with van der Waals surface area (Å²) >= 11 is 0. The van der Waals surface area contributed by atoms with Crippen LogP contribution in [0.3, 0.4) is 0 Å². The molecule has 17 heavy (non-hydrogen) atoms. The molecule has 0 amide bonds. The van der Waals surface area contributed by atoms with Crippen LogP contribution in [0, 0.1) is 24.2 Å². The summed E-state index contributed by atoms with van der Waals surface area (Å²) in [6.45, 7) is 4.87. The lowest BCUT2D eigenvalue weighted by Crippen LogP contribution is -2.09. The topological polar surface area (TPSA) is 73.9 Å². The summed E-state index contributed by atoms with van der Waals surface area (Å²) in [5.41, 5.74) is 1.36. The fraction of sp³-hybridized carbons (Fsp3) is 0.667. The van der Waals surface area contributed by atoms with Crippen LogP contribution in [-0.4, -0.2) is 28.0 Å². The Labute approximate surface area is 102 Å². The van der Waals surface area contributed by atoms with E-state index in [1.54, 1.807) is 4.68 Å². The summed E-state index contributed by atoms with van der Waals surface area (Å²) in [5, 5.41) is 25.4. The van der Waals surface area contributed by atoms with Gasteiger partial charge in [-0.05, 0) is 25.7 Å². The van der Waals surface area contributed by atoms with Crippen molar-refractivity contribution in [3.63, 3.8) is 0 Å². The highest BCUT2D eigenvalue weighted by molar-refractivity contribution is 5.54. The quantitative estimate of drug-likeness (QED) is 0.733. The Morgan fingerprint density at radius 1 is 1.59 bits per heavy atom. The predicted octanol–water partition coefficient (Wildman–Crippen LogP) is 1.42. The molecule has 1 rings (SSSR count). The summed E-state index contributed by atoms with van der Waals surface area (Å²) in [6.07, 6.45) is 1.94. The average Bonchev–Trinajstić information content (AvgIpc) is 2.58. The first-order chi connectivity index (χ1) is 8.10. The highest BCUT2D eigenvalue weighted by Crippen LogP contribution is 2.17. The Bertz CT molecular complexity index is 405. The molecule has 0 aliphatic heterocycles.